The van der Waals surface area contributed by atoms with E-state index in [9.17, 15) is 0 Å². The third-order valence-electron chi connectivity index (χ3n) is 3.61. The first-order valence-corrected chi connectivity index (χ1v) is 7.48. The lowest BCUT2D eigenvalue weighted by Crippen LogP contribution is -2.44. The second-order valence-corrected chi connectivity index (χ2v) is 5.79. The van der Waals surface area contributed by atoms with Crippen LogP contribution in [0.5, 0.6) is 5.75 Å². The van der Waals surface area contributed by atoms with Crippen molar-refractivity contribution in [1.82, 2.24) is 10.2 Å². The van der Waals surface area contributed by atoms with E-state index in [4.69, 9.17) is 4.74 Å². The number of likely N-dealkylation sites (N-methyl/N-ethyl adjacent to an activating group) is 1. The van der Waals surface area contributed by atoms with Crippen LogP contribution in [0.2, 0.25) is 0 Å². The molecule has 20 heavy (non-hydrogen) atoms. The van der Waals surface area contributed by atoms with Crippen molar-refractivity contribution in [3.8, 4) is 5.75 Å². The predicted octanol–water partition coefficient (Wildman–Crippen LogP) is 1.94. The molecule has 1 N–H and O–H groups in total. The van der Waals surface area contributed by atoms with Gasteiger partial charge in [-0.25, -0.2) is 0 Å². The highest BCUT2D eigenvalue weighted by atomic mass is 16.5. The summed E-state index contributed by atoms with van der Waals surface area (Å²) in [4.78, 5) is 4.80. The molecule has 4 heteroatoms. The molecular weight excluding hydrogens is 250 g/mol. The molecule has 112 valence electrons. The molecule has 0 atom stereocenters. The third kappa shape index (κ3) is 3.87. The first-order chi connectivity index (χ1) is 9.60. The summed E-state index contributed by atoms with van der Waals surface area (Å²) >= 11 is 0. The average Bonchev–Trinajstić information content (AvgIpc) is 2.40. The van der Waals surface area contributed by atoms with Crippen LogP contribution < -0.4 is 15.0 Å². The van der Waals surface area contributed by atoms with Crippen LogP contribution in [0.4, 0.5) is 5.69 Å². The lowest BCUT2D eigenvalue weighted by molar-refractivity contribution is 0.241. The van der Waals surface area contributed by atoms with Gasteiger partial charge in [-0.3, -0.25) is 0 Å². The van der Waals surface area contributed by atoms with Crippen LogP contribution in [0.3, 0.4) is 0 Å². The number of ether oxygens (including phenoxy) is 1. The van der Waals surface area contributed by atoms with Crippen molar-refractivity contribution in [3.05, 3.63) is 23.8 Å². The van der Waals surface area contributed by atoms with Crippen LogP contribution in [0.15, 0.2) is 18.2 Å². The number of hydrogen-bond donors (Lipinski definition) is 1. The van der Waals surface area contributed by atoms with E-state index in [1.807, 2.05) is 7.05 Å². The molecule has 1 saturated heterocycles. The minimum absolute atomic E-state index is 0.200. The minimum atomic E-state index is 0.200. The molecule has 1 aliphatic rings. The van der Waals surface area contributed by atoms with Gasteiger partial charge in [0.05, 0.1) is 11.8 Å². The van der Waals surface area contributed by atoms with Gasteiger partial charge in [0.15, 0.2) is 0 Å². The number of benzene rings is 1. The number of hydrogen-bond acceptors (Lipinski definition) is 4. The molecule has 0 bridgehead atoms. The highest BCUT2D eigenvalue weighted by Gasteiger charge is 2.18. The van der Waals surface area contributed by atoms with Gasteiger partial charge in [-0.15, -0.1) is 0 Å². The number of piperazine rings is 1. The highest BCUT2D eigenvalue weighted by Crippen LogP contribution is 2.31. The van der Waals surface area contributed by atoms with Crippen LogP contribution in [0, 0.1) is 0 Å². The molecule has 0 radical (unpaired) electrons. The van der Waals surface area contributed by atoms with Crippen LogP contribution >= 0.6 is 0 Å². The normalized spacial score (nSPS) is 16.8. The molecule has 4 nitrogen and oxygen atoms in total. The number of nitrogens with one attached hydrogen (secondary N) is 1. The Morgan fingerprint density at radius 2 is 1.90 bits per heavy atom. The Hall–Kier alpha value is -1.26. The second-order valence-electron chi connectivity index (χ2n) is 5.79. The van der Waals surface area contributed by atoms with Crippen LogP contribution in [0.25, 0.3) is 0 Å². The SMILES string of the molecule is CNCc1ccc(N2CCN(C)CC2)c(OC(C)C)c1. The molecule has 0 aromatic heterocycles. The van der Waals surface area contributed by atoms with Gasteiger partial charge in [0.25, 0.3) is 0 Å². The maximum atomic E-state index is 6.03. The van der Waals surface area contributed by atoms with Crippen molar-refractivity contribution in [2.45, 2.75) is 26.5 Å². The lowest BCUT2D eigenvalue weighted by Gasteiger charge is -2.35. The van der Waals surface area contributed by atoms with Crippen LogP contribution in [-0.4, -0.2) is 51.3 Å². The van der Waals surface area contributed by atoms with Gasteiger partial charge in [0.2, 0.25) is 0 Å². The molecule has 1 heterocycles. The van der Waals surface area contributed by atoms with Crippen molar-refractivity contribution in [2.24, 2.45) is 0 Å². The molecule has 0 amide bonds. The maximum absolute atomic E-state index is 6.03. The Balaban J connectivity index is 2.21. The molecule has 0 aliphatic carbocycles. The molecule has 2 rings (SSSR count). The molecule has 1 fully saturated rings. The molecule has 0 unspecified atom stereocenters. The van der Waals surface area contributed by atoms with Gasteiger partial charge < -0.3 is 19.9 Å². The van der Waals surface area contributed by atoms with Gasteiger partial charge in [-0.05, 0) is 45.6 Å². The van der Waals surface area contributed by atoms with Gasteiger partial charge in [-0.1, -0.05) is 6.07 Å². The Morgan fingerprint density at radius 3 is 2.50 bits per heavy atom. The van der Waals surface area contributed by atoms with Crippen molar-refractivity contribution in [1.29, 1.82) is 0 Å². The zero-order chi connectivity index (χ0) is 14.5. The monoisotopic (exact) mass is 277 g/mol. The summed E-state index contributed by atoms with van der Waals surface area (Å²) in [7, 11) is 4.15. The van der Waals surface area contributed by atoms with E-state index in [1.54, 1.807) is 0 Å². The van der Waals surface area contributed by atoms with E-state index in [0.717, 1.165) is 38.5 Å². The number of anilines is 1. The molecule has 0 spiro atoms. The van der Waals surface area contributed by atoms with E-state index in [-0.39, 0.29) is 6.10 Å². The second kappa shape index (κ2) is 6.95. The largest absolute Gasteiger partial charge is 0.489 e. The molecular formula is C16H27N3O. The summed E-state index contributed by atoms with van der Waals surface area (Å²) in [6, 6.07) is 6.57. The maximum Gasteiger partial charge on any atom is 0.143 e. The Labute approximate surface area is 122 Å². The molecule has 0 saturated carbocycles. The highest BCUT2D eigenvalue weighted by molar-refractivity contribution is 5.60. The lowest BCUT2D eigenvalue weighted by atomic mass is 10.1. The standard InChI is InChI=1S/C16H27N3O/c1-13(2)20-16-11-14(12-17-3)5-6-15(16)19-9-7-18(4)8-10-19/h5-6,11,13,17H,7-10,12H2,1-4H3. The Kier molecular flexibility index (Phi) is 5.26. The van der Waals surface area contributed by atoms with Crippen molar-refractivity contribution >= 4 is 5.69 Å². The molecule has 1 aromatic rings. The van der Waals surface area contributed by atoms with Crippen molar-refractivity contribution < 1.29 is 4.74 Å². The smallest absolute Gasteiger partial charge is 0.143 e. The van der Waals surface area contributed by atoms with Crippen LogP contribution in [0.1, 0.15) is 19.4 Å². The summed E-state index contributed by atoms with van der Waals surface area (Å²) in [5.41, 5.74) is 2.49. The van der Waals surface area contributed by atoms with Gasteiger partial charge in [-0.2, -0.15) is 0 Å². The topological polar surface area (TPSA) is 27.7 Å². The first kappa shape index (κ1) is 15.1. The summed E-state index contributed by atoms with van der Waals surface area (Å²) in [6.45, 7) is 9.39. The Bertz CT molecular complexity index is 426. The van der Waals surface area contributed by atoms with E-state index < -0.39 is 0 Å². The van der Waals surface area contributed by atoms with Crippen molar-refractivity contribution in [3.63, 3.8) is 0 Å². The van der Waals surface area contributed by atoms with Gasteiger partial charge in [0.1, 0.15) is 5.75 Å². The number of rotatable bonds is 5. The quantitative estimate of drug-likeness (QED) is 0.890. The summed E-state index contributed by atoms with van der Waals surface area (Å²) in [5, 5.41) is 3.19. The zero-order valence-electron chi connectivity index (χ0n) is 13.1. The third-order valence-corrected chi connectivity index (χ3v) is 3.61. The van der Waals surface area contributed by atoms with E-state index >= 15 is 0 Å². The molecule has 1 aliphatic heterocycles. The fraction of sp³-hybridized carbons (Fsp3) is 0.625. The predicted molar refractivity (Wildman–Crippen MR) is 84.7 cm³/mol. The molecule has 1 aromatic carbocycles. The van der Waals surface area contributed by atoms with E-state index in [1.165, 1.54) is 11.3 Å². The summed E-state index contributed by atoms with van der Waals surface area (Å²) in [6.07, 6.45) is 0.200. The van der Waals surface area contributed by atoms with Gasteiger partial charge in [0, 0.05) is 32.7 Å². The minimum Gasteiger partial charge on any atom is -0.489 e. The number of nitrogens with zero attached hydrogens (tertiary/aromatic N) is 2. The fourth-order valence-corrected chi connectivity index (χ4v) is 2.53. The summed E-state index contributed by atoms with van der Waals surface area (Å²) < 4.78 is 6.03. The fourth-order valence-electron chi connectivity index (χ4n) is 2.53. The summed E-state index contributed by atoms with van der Waals surface area (Å²) in [5.74, 6) is 1.01. The zero-order valence-corrected chi connectivity index (χ0v) is 13.1. The van der Waals surface area contributed by atoms with Crippen LogP contribution in [-0.2, 0) is 6.54 Å². The first-order valence-electron chi connectivity index (χ1n) is 7.48. The van der Waals surface area contributed by atoms with E-state index in [0.29, 0.717) is 0 Å². The van der Waals surface area contributed by atoms with Crippen molar-refractivity contribution in [2.75, 3.05) is 45.2 Å². The average molecular weight is 277 g/mol. The van der Waals surface area contributed by atoms with Gasteiger partial charge >= 0.3 is 0 Å². The Morgan fingerprint density at radius 1 is 1.20 bits per heavy atom. The van der Waals surface area contributed by atoms with E-state index in [2.05, 4.69) is 54.2 Å².